The molecule has 0 aliphatic rings. The summed E-state index contributed by atoms with van der Waals surface area (Å²) in [5.41, 5.74) is 0.164. The Hall–Kier alpha value is -1.07. The maximum atomic E-state index is 13.1. The first-order valence-electron chi connectivity index (χ1n) is 6.33. The van der Waals surface area contributed by atoms with Gasteiger partial charge in [-0.05, 0) is 17.9 Å². The fourth-order valence-corrected chi connectivity index (χ4v) is 2.03. The van der Waals surface area contributed by atoms with E-state index in [2.05, 4.69) is 5.32 Å². The third-order valence-electron chi connectivity index (χ3n) is 2.84. The van der Waals surface area contributed by atoms with E-state index >= 15 is 0 Å². The quantitative estimate of drug-likeness (QED) is 0.835. The molecule has 0 heterocycles. The van der Waals surface area contributed by atoms with Gasteiger partial charge in [-0.25, -0.2) is 0 Å². The van der Waals surface area contributed by atoms with Gasteiger partial charge >= 0.3 is 6.18 Å². The summed E-state index contributed by atoms with van der Waals surface area (Å²) in [5.74, 6) is 0.217. The standard InChI is InChI=1S/C14H20F3NO/c1-10(2)8-12(9-19)18-13(14(15,16)17)11-6-4-3-5-7-11/h3-7,10,12-13,18-19H,8-9H2,1-2H3. The van der Waals surface area contributed by atoms with Crippen LogP contribution in [0.5, 0.6) is 0 Å². The van der Waals surface area contributed by atoms with Crippen molar-refractivity contribution in [2.24, 2.45) is 5.92 Å². The van der Waals surface area contributed by atoms with E-state index in [1.807, 2.05) is 13.8 Å². The lowest BCUT2D eigenvalue weighted by Gasteiger charge is -2.27. The van der Waals surface area contributed by atoms with Crippen molar-refractivity contribution in [1.29, 1.82) is 0 Å². The summed E-state index contributed by atoms with van der Waals surface area (Å²) < 4.78 is 39.3. The molecule has 5 heteroatoms. The van der Waals surface area contributed by atoms with Crippen LogP contribution in [0.1, 0.15) is 31.9 Å². The largest absolute Gasteiger partial charge is 0.407 e. The summed E-state index contributed by atoms with van der Waals surface area (Å²) in [6.45, 7) is 3.52. The fourth-order valence-electron chi connectivity index (χ4n) is 2.03. The second kappa shape index (κ2) is 6.91. The first kappa shape index (κ1) is 16.0. The first-order valence-corrected chi connectivity index (χ1v) is 6.33. The summed E-state index contributed by atoms with van der Waals surface area (Å²) in [6.07, 6.45) is -3.89. The molecule has 2 nitrogen and oxygen atoms in total. The molecule has 2 unspecified atom stereocenters. The Balaban J connectivity index is 2.87. The van der Waals surface area contributed by atoms with Crippen LogP contribution in [0.15, 0.2) is 30.3 Å². The number of alkyl halides is 3. The Kier molecular flexibility index (Phi) is 5.82. The molecule has 0 aliphatic heterocycles. The topological polar surface area (TPSA) is 32.3 Å². The van der Waals surface area contributed by atoms with Gasteiger partial charge in [0, 0.05) is 6.04 Å². The van der Waals surface area contributed by atoms with Gasteiger partial charge in [-0.3, -0.25) is 5.32 Å². The lowest BCUT2D eigenvalue weighted by molar-refractivity contribution is -0.160. The van der Waals surface area contributed by atoms with E-state index in [1.54, 1.807) is 18.2 Å². The third-order valence-corrected chi connectivity index (χ3v) is 2.84. The zero-order valence-corrected chi connectivity index (χ0v) is 11.1. The second-order valence-electron chi connectivity index (χ2n) is 5.06. The number of nitrogens with one attached hydrogen (secondary N) is 1. The van der Waals surface area contributed by atoms with Crippen LogP contribution in [0.3, 0.4) is 0 Å². The van der Waals surface area contributed by atoms with Gasteiger partial charge in [0.05, 0.1) is 6.61 Å². The van der Waals surface area contributed by atoms with Crippen molar-refractivity contribution in [2.45, 2.75) is 38.5 Å². The smallest absolute Gasteiger partial charge is 0.395 e. The van der Waals surface area contributed by atoms with Crippen molar-refractivity contribution in [3.8, 4) is 0 Å². The average Bonchev–Trinajstić information content (AvgIpc) is 2.33. The highest BCUT2D eigenvalue weighted by molar-refractivity contribution is 5.20. The SMILES string of the molecule is CC(C)CC(CO)NC(c1ccccc1)C(F)(F)F. The molecule has 0 aliphatic carbocycles. The molecule has 0 radical (unpaired) electrons. The summed E-state index contributed by atoms with van der Waals surface area (Å²) in [4.78, 5) is 0. The number of benzene rings is 1. The van der Waals surface area contributed by atoms with E-state index in [-0.39, 0.29) is 18.1 Å². The molecule has 0 saturated carbocycles. The summed E-state index contributed by atoms with van der Waals surface area (Å²) in [5, 5.41) is 11.7. The predicted molar refractivity (Wildman–Crippen MR) is 68.7 cm³/mol. The van der Waals surface area contributed by atoms with E-state index < -0.39 is 18.3 Å². The van der Waals surface area contributed by atoms with Gasteiger partial charge < -0.3 is 5.11 Å². The van der Waals surface area contributed by atoms with Crippen LogP contribution in [0, 0.1) is 5.92 Å². The van der Waals surface area contributed by atoms with Gasteiger partial charge in [0.2, 0.25) is 0 Å². The number of rotatable bonds is 6. The lowest BCUT2D eigenvalue weighted by Crippen LogP contribution is -2.43. The fraction of sp³-hybridized carbons (Fsp3) is 0.571. The number of hydrogen-bond donors (Lipinski definition) is 2. The minimum Gasteiger partial charge on any atom is -0.395 e. The molecular weight excluding hydrogens is 255 g/mol. The van der Waals surface area contributed by atoms with Gasteiger partial charge in [-0.2, -0.15) is 13.2 Å². The normalized spacial score (nSPS) is 15.5. The molecule has 0 amide bonds. The van der Waals surface area contributed by atoms with E-state index in [0.717, 1.165) is 0 Å². The van der Waals surface area contributed by atoms with Crippen molar-refractivity contribution in [1.82, 2.24) is 5.32 Å². The number of halogens is 3. The van der Waals surface area contributed by atoms with Crippen molar-refractivity contribution in [3.63, 3.8) is 0 Å². The van der Waals surface area contributed by atoms with E-state index in [9.17, 15) is 18.3 Å². The van der Waals surface area contributed by atoms with E-state index in [4.69, 9.17) is 0 Å². The van der Waals surface area contributed by atoms with Crippen LogP contribution in [0.4, 0.5) is 13.2 Å². The molecule has 1 aromatic rings. The van der Waals surface area contributed by atoms with Gasteiger partial charge in [-0.1, -0.05) is 44.2 Å². The zero-order valence-electron chi connectivity index (χ0n) is 11.1. The van der Waals surface area contributed by atoms with Crippen LogP contribution < -0.4 is 5.32 Å². The molecule has 2 N–H and O–H groups in total. The maximum absolute atomic E-state index is 13.1. The van der Waals surface area contributed by atoms with Crippen LogP contribution in [-0.2, 0) is 0 Å². The average molecular weight is 275 g/mol. The highest BCUT2D eigenvalue weighted by atomic mass is 19.4. The molecule has 0 aromatic heterocycles. The second-order valence-corrected chi connectivity index (χ2v) is 5.06. The molecule has 108 valence electrons. The number of hydrogen-bond acceptors (Lipinski definition) is 2. The maximum Gasteiger partial charge on any atom is 0.407 e. The molecule has 0 bridgehead atoms. The predicted octanol–water partition coefficient (Wildman–Crippen LogP) is 3.29. The van der Waals surface area contributed by atoms with Gasteiger partial charge in [0.25, 0.3) is 0 Å². The Morgan fingerprint density at radius 2 is 1.74 bits per heavy atom. The van der Waals surface area contributed by atoms with Crippen LogP contribution >= 0.6 is 0 Å². The van der Waals surface area contributed by atoms with Crippen molar-refractivity contribution in [3.05, 3.63) is 35.9 Å². The Bertz CT molecular complexity index is 365. The molecule has 0 saturated heterocycles. The molecule has 1 rings (SSSR count). The monoisotopic (exact) mass is 275 g/mol. The van der Waals surface area contributed by atoms with Crippen molar-refractivity contribution >= 4 is 0 Å². The Morgan fingerprint density at radius 3 is 2.16 bits per heavy atom. The first-order chi connectivity index (χ1) is 8.84. The highest BCUT2D eigenvalue weighted by Gasteiger charge is 2.41. The molecule has 1 aromatic carbocycles. The van der Waals surface area contributed by atoms with E-state index in [0.29, 0.717) is 6.42 Å². The van der Waals surface area contributed by atoms with Gasteiger partial charge in [-0.15, -0.1) is 0 Å². The number of aliphatic hydroxyl groups excluding tert-OH is 1. The summed E-state index contributed by atoms with van der Waals surface area (Å²) in [7, 11) is 0. The zero-order chi connectivity index (χ0) is 14.5. The number of aliphatic hydroxyl groups is 1. The van der Waals surface area contributed by atoms with E-state index in [1.165, 1.54) is 12.1 Å². The van der Waals surface area contributed by atoms with Gasteiger partial charge in [0.15, 0.2) is 0 Å². The molecule has 19 heavy (non-hydrogen) atoms. The molecule has 0 spiro atoms. The molecule has 2 atom stereocenters. The molecular formula is C14H20F3NO. The van der Waals surface area contributed by atoms with Crippen LogP contribution in [0.2, 0.25) is 0 Å². The van der Waals surface area contributed by atoms with Crippen LogP contribution in [-0.4, -0.2) is 23.9 Å². The van der Waals surface area contributed by atoms with Crippen LogP contribution in [0.25, 0.3) is 0 Å². The Morgan fingerprint density at radius 1 is 1.16 bits per heavy atom. The van der Waals surface area contributed by atoms with Gasteiger partial charge in [0.1, 0.15) is 6.04 Å². The third kappa shape index (κ3) is 5.20. The summed E-state index contributed by atoms with van der Waals surface area (Å²) >= 11 is 0. The lowest BCUT2D eigenvalue weighted by atomic mass is 10.0. The highest BCUT2D eigenvalue weighted by Crippen LogP contribution is 2.33. The minimum atomic E-state index is -4.38. The molecule has 0 fully saturated rings. The minimum absolute atomic E-state index is 0.164. The summed E-state index contributed by atoms with van der Waals surface area (Å²) in [6, 6.07) is 5.40. The van der Waals surface area contributed by atoms with Crippen molar-refractivity contribution < 1.29 is 18.3 Å². The van der Waals surface area contributed by atoms with Crippen molar-refractivity contribution in [2.75, 3.05) is 6.61 Å². The Labute approximate surface area is 111 Å².